The number of aromatic amines is 1. The van der Waals surface area contributed by atoms with Crippen LogP contribution in [0.25, 0.3) is 0 Å². The molecule has 0 radical (unpaired) electrons. The van der Waals surface area contributed by atoms with Crippen LogP contribution in [0.4, 0.5) is 0 Å². The first-order chi connectivity index (χ1) is 6.43. The Hall–Kier alpha value is -0.870. The van der Waals surface area contributed by atoms with E-state index in [4.69, 9.17) is 9.47 Å². The van der Waals surface area contributed by atoms with E-state index in [1.165, 1.54) is 0 Å². The number of hydrogen-bond acceptors (Lipinski definition) is 2. The van der Waals surface area contributed by atoms with Crippen molar-refractivity contribution in [3.8, 4) is 0 Å². The van der Waals surface area contributed by atoms with Gasteiger partial charge in [0.2, 0.25) is 6.33 Å². The lowest BCUT2D eigenvalue weighted by Crippen LogP contribution is -2.33. The van der Waals surface area contributed by atoms with Crippen molar-refractivity contribution in [2.45, 2.75) is 13.5 Å². The maximum absolute atomic E-state index is 5.35. The predicted octanol–water partition coefficient (Wildman–Crippen LogP) is 0.355. The lowest BCUT2D eigenvalue weighted by Gasteiger charge is -2.02. The number of nitrogens with zero attached hydrogens (tertiary/aromatic N) is 1. The molecule has 1 rings (SSSR count). The zero-order valence-electron chi connectivity index (χ0n) is 8.03. The Kier molecular flexibility index (Phi) is 5.20. The van der Waals surface area contributed by atoms with E-state index in [-0.39, 0.29) is 0 Å². The van der Waals surface area contributed by atoms with Gasteiger partial charge in [-0.05, 0) is 6.92 Å². The van der Waals surface area contributed by atoms with Crippen molar-refractivity contribution in [3.63, 3.8) is 0 Å². The number of hydrogen-bond donors (Lipinski definition) is 1. The third-order valence-corrected chi connectivity index (χ3v) is 1.67. The van der Waals surface area contributed by atoms with Gasteiger partial charge in [-0.2, -0.15) is 0 Å². The molecule has 0 saturated carbocycles. The Morgan fingerprint density at radius 2 is 2.08 bits per heavy atom. The van der Waals surface area contributed by atoms with Crippen molar-refractivity contribution in [1.82, 2.24) is 4.98 Å². The average Bonchev–Trinajstić information content (AvgIpc) is 2.63. The quantitative estimate of drug-likeness (QED) is 0.492. The number of rotatable bonds is 7. The zero-order chi connectivity index (χ0) is 9.36. The van der Waals surface area contributed by atoms with Crippen LogP contribution in [0.5, 0.6) is 0 Å². The topological polar surface area (TPSA) is 38.1 Å². The van der Waals surface area contributed by atoms with E-state index in [9.17, 15) is 0 Å². The fraction of sp³-hybridized carbons (Fsp3) is 0.667. The number of nitrogens with one attached hydrogen (secondary N) is 1. The van der Waals surface area contributed by atoms with Crippen molar-refractivity contribution in [1.29, 1.82) is 0 Å². The number of imidazole rings is 1. The van der Waals surface area contributed by atoms with Crippen LogP contribution in [0.1, 0.15) is 6.92 Å². The molecule has 1 aromatic heterocycles. The second-order valence-electron chi connectivity index (χ2n) is 2.66. The molecule has 0 unspecified atom stereocenters. The highest BCUT2D eigenvalue weighted by molar-refractivity contribution is 4.55. The van der Waals surface area contributed by atoms with Gasteiger partial charge in [0.15, 0.2) is 0 Å². The summed E-state index contributed by atoms with van der Waals surface area (Å²) >= 11 is 0. The van der Waals surface area contributed by atoms with E-state index in [1.807, 2.05) is 30.2 Å². The lowest BCUT2D eigenvalue weighted by atomic mass is 10.6. The summed E-state index contributed by atoms with van der Waals surface area (Å²) in [5, 5.41) is 0. The highest BCUT2D eigenvalue weighted by Gasteiger charge is 1.95. The Labute approximate surface area is 78.5 Å². The number of ether oxygens (including phenoxy) is 2. The van der Waals surface area contributed by atoms with E-state index < -0.39 is 0 Å². The molecule has 0 spiro atoms. The van der Waals surface area contributed by atoms with Crippen molar-refractivity contribution in [2.24, 2.45) is 0 Å². The molecule has 4 heteroatoms. The fourth-order valence-electron chi connectivity index (χ4n) is 0.994. The first-order valence-corrected chi connectivity index (χ1v) is 4.61. The van der Waals surface area contributed by atoms with Crippen LogP contribution < -0.4 is 4.57 Å². The zero-order valence-corrected chi connectivity index (χ0v) is 8.03. The highest BCUT2D eigenvalue weighted by Crippen LogP contribution is 1.78. The van der Waals surface area contributed by atoms with Crippen LogP contribution >= 0.6 is 0 Å². The molecular weight excluding hydrogens is 168 g/mol. The average molecular weight is 185 g/mol. The summed E-state index contributed by atoms with van der Waals surface area (Å²) in [4.78, 5) is 2.97. The van der Waals surface area contributed by atoms with Gasteiger partial charge in [0.1, 0.15) is 18.9 Å². The summed E-state index contributed by atoms with van der Waals surface area (Å²) in [7, 11) is 0. The largest absolute Gasteiger partial charge is 0.379 e. The minimum atomic E-state index is 0.679. The summed E-state index contributed by atoms with van der Waals surface area (Å²) in [5.74, 6) is 0. The van der Waals surface area contributed by atoms with Crippen molar-refractivity contribution < 1.29 is 14.0 Å². The van der Waals surface area contributed by atoms with Gasteiger partial charge >= 0.3 is 0 Å². The van der Waals surface area contributed by atoms with E-state index in [2.05, 4.69) is 4.98 Å². The van der Waals surface area contributed by atoms with Gasteiger partial charge in [-0.25, -0.2) is 4.57 Å². The second-order valence-corrected chi connectivity index (χ2v) is 2.66. The summed E-state index contributed by atoms with van der Waals surface area (Å²) in [6.45, 7) is 5.73. The van der Waals surface area contributed by atoms with Crippen LogP contribution in [0.15, 0.2) is 18.7 Å². The first-order valence-electron chi connectivity index (χ1n) is 4.61. The molecule has 1 aromatic rings. The van der Waals surface area contributed by atoms with Crippen LogP contribution in [0.3, 0.4) is 0 Å². The van der Waals surface area contributed by atoms with Gasteiger partial charge in [0.25, 0.3) is 0 Å². The molecule has 1 N–H and O–H groups in total. The van der Waals surface area contributed by atoms with Crippen LogP contribution in [0, 0.1) is 0 Å². The van der Waals surface area contributed by atoms with E-state index in [0.717, 1.165) is 19.8 Å². The molecule has 0 aliphatic heterocycles. The van der Waals surface area contributed by atoms with E-state index in [1.54, 1.807) is 0 Å². The summed E-state index contributed by atoms with van der Waals surface area (Å²) in [5.41, 5.74) is 0. The van der Waals surface area contributed by atoms with Crippen molar-refractivity contribution in [2.75, 3.05) is 26.4 Å². The molecule has 0 fully saturated rings. The normalized spacial score (nSPS) is 10.5. The second kappa shape index (κ2) is 6.62. The third kappa shape index (κ3) is 4.65. The predicted molar refractivity (Wildman–Crippen MR) is 48.3 cm³/mol. The van der Waals surface area contributed by atoms with Gasteiger partial charge in [0, 0.05) is 6.61 Å². The van der Waals surface area contributed by atoms with Gasteiger partial charge in [-0.1, -0.05) is 0 Å². The molecule has 0 bridgehead atoms. The van der Waals surface area contributed by atoms with Gasteiger partial charge in [0.05, 0.1) is 19.8 Å². The smallest absolute Gasteiger partial charge is 0.241 e. The van der Waals surface area contributed by atoms with E-state index in [0.29, 0.717) is 13.2 Å². The van der Waals surface area contributed by atoms with Gasteiger partial charge in [-0.3, -0.25) is 4.98 Å². The molecule has 0 aliphatic rings. The Morgan fingerprint density at radius 1 is 1.23 bits per heavy atom. The van der Waals surface area contributed by atoms with Crippen LogP contribution in [0.2, 0.25) is 0 Å². The Bertz CT molecular complexity index is 199. The van der Waals surface area contributed by atoms with Gasteiger partial charge < -0.3 is 9.47 Å². The minimum Gasteiger partial charge on any atom is -0.379 e. The maximum atomic E-state index is 5.35. The molecule has 0 amide bonds. The summed E-state index contributed by atoms with van der Waals surface area (Å²) in [6, 6.07) is 0. The van der Waals surface area contributed by atoms with Crippen molar-refractivity contribution >= 4 is 0 Å². The highest BCUT2D eigenvalue weighted by atomic mass is 16.5. The monoisotopic (exact) mass is 185 g/mol. The molecule has 0 saturated heterocycles. The van der Waals surface area contributed by atoms with Crippen LogP contribution in [-0.2, 0) is 16.0 Å². The molecule has 74 valence electrons. The standard InChI is InChI=1S/C9H16N2O2/c1-2-12-7-8-13-6-5-11-4-3-10-9-11/h3-4,9H,2,5-8H2,1H3/p+1. The molecular formula is C9H17N2O2+. The maximum Gasteiger partial charge on any atom is 0.241 e. The molecule has 4 nitrogen and oxygen atoms in total. The van der Waals surface area contributed by atoms with Gasteiger partial charge in [-0.15, -0.1) is 0 Å². The first kappa shape index (κ1) is 10.2. The Morgan fingerprint density at radius 3 is 2.77 bits per heavy atom. The Balaban J connectivity index is 1.90. The summed E-state index contributed by atoms with van der Waals surface area (Å²) < 4.78 is 12.5. The molecule has 13 heavy (non-hydrogen) atoms. The molecule has 0 atom stereocenters. The number of aromatic nitrogens is 2. The molecule has 1 heterocycles. The minimum absolute atomic E-state index is 0.679. The molecule has 0 aromatic carbocycles. The third-order valence-electron chi connectivity index (χ3n) is 1.67. The van der Waals surface area contributed by atoms with Crippen LogP contribution in [-0.4, -0.2) is 31.4 Å². The molecule has 0 aliphatic carbocycles. The van der Waals surface area contributed by atoms with E-state index >= 15 is 0 Å². The summed E-state index contributed by atoms with van der Waals surface area (Å²) in [6.07, 6.45) is 5.78. The lowest BCUT2D eigenvalue weighted by molar-refractivity contribution is -0.697. The fourth-order valence-corrected chi connectivity index (χ4v) is 0.994. The SMILES string of the molecule is CCOCCOCC[n+]1cc[nH]c1. The number of H-pyrrole nitrogens is 1. The van der Waals surface area contributed by atoms with Crippen molar-refractivity contribution in [3.05, 3.63) is 18.7 Å².